The number of hydrogen-bond acceptors (Lipinski definition) is 7. The van der Waals surface area contributed by atoms with Gasteiger partial charge in [0.2, 0.25) is 5.82 Å². The molecule has 1 heterocycles. The fourth-order valence-electron chi connectivity index (χ4n) is 2.45. The molecule has 1 amide bonds. The number of nitrogens with one attached hydrogen (secondary N) is 2. The van der Waals surface area contributed by atoms with E-state index in [1.807, 2.05) is 0 Å². The molecule has 2 N–H and O–H groups in total. The van der Waals surface area contributed by atoms with Gasteiger partial charge in [0.05, 0.1) is 9.85 Å². The average Bonchev–Trinajstić information content (AvgIpc) is 3.19. The number of nitro groups is 2. The Kier molecular flexibility index (Phi) is 5.78. The Hall–Kier alpha value is -4.19. The smallest absolute Gasteiger partial charge is 0.306 e. The van der Waals surface area contributed by atoms with Crippen LogP contribution >= 0.6 is 12.2 Å². The Bertz CT molecular complexity index is 1180. The van der Waals surface area contributed by atoms with Gasteiger partial charge >= 0.3 is 5.69 Å². The van der Waals surface area contributed by atoms with Gasteiger partial charge in [-0.25, -0.2) is 0 Å². The number of thiocarbonyl (C=S) groups is 1. The van der Waals surface area contributed by atoms with Crippen molar-refractivity contribution in [1.82, 2.24) is 5.32 Å². The molecule has 0 aliphatic rings. The molecule has 3 rings (SSSR count). The molecule has 0 aliphatic carbocycles. The third-order valence-corrected chi connectivity index (χ3v) is 4.00. The molecule has 3 aromatic rings. The number of halogens is 1. The zero-order chi connectivity index (χ0) is 21.8. The van der Waals surface area contributed by atoms with Crippen molar-refractivity contribution in [3.8, 4) is 11.3 Å². The van der Waals surface area contributed by atoms with E-state index < -0.39 is 27.3 Å². The van der Waals surface area contributed by atoms with Gasteiger partial charge in [0, 0.05) is 29.4 Å². The van der Waals surface area contributed by atoms with Crippen molar-refractivity contribution in [2.24, 2.45) is 0 Å². The molecule has 1 aromatic heterocycles. The molecule has 0 spiro atoms. The van der Waals surface area contributed by atoms with E-state index in [9.17, 15) is 29.4 Å². The maximum Gasteiger partial charge on any atom is 0.306 e. The van der Waals surface area contributed by atoms with Crippen LogP contribution in [-0.4, -0.2) is 20.9 Å². The molecule has 0 unspecified atom stereocenters. The zero-order valence-corrected chi connectivity index (χ0v) is 15.6. The molecule has 2 aromatic carbocycles. The minimum atomic E-state index is -1.01. The molecule has 0 atom stereocenters. The number of nitrogens with zero attached hydrogens (tertiary/aromatic N) is 2. The zero-order valence-electron chi connectivity index (χ0n) is 14.8. The summed E-state index contributed by atoms with van der Waals surface area (Å²) < 4.78 is 18.8. The number of furan rings is 1. The molecule has 0 radical (unpaired) electrons. The van der Waals surface area contributed by atoms with E-state index in [2.05, 4.69) is 10.6 Å². The summed E-state index contributed by atoms with van der Waals surface area (Å²) in [6, 6.07) is 11.6. The van der Waals surface area contributed by atoms with E-state index in [-0.39, 0.29) is 28.0 Å². The molecule has 0 aliphatic heterocycles. The lowest BCUT2D eigenvalue weighted by Gasteiger charge is -2.08. The van der Waals surface area contributed by atoms with Gasteiger partial charge in [0.25, 0.3) is 11.6 Å². The highest BCUT2D eigenvalue weighted by atomic mass is 32.1. The van der Waals surface area contributed by atoms with E-state index in [1.165, 1.54) is 36.4 Å². The highest BCUT2D eigenvalue weighted by molar-refractivity contribution is 7.80. The third-order valence-electron chi connectivity index (χ3n) is 3.80. The molecule has 0 bridgehead atoms. The van der Waals surface area contributed by atoms with Crippen molar-refractivity contribution < 1.29 is 23.4 Å². The molecular weight excluding hydrogens is 419 g/mol. The molecule has 0 fully saturated rings. The van der Waals surface area contributed by atoms with Crippen LogP contribution in [0.5, 0.6) is 0 Å². The number of hydrogen-bond donors (Lipinski definition) is 2. The summed E-state index contributed by atoms with van der Waals surface area (Å²) in [4.78, 5) is 32.5. The first-order valence-corrected chi connectivity index (χ1v) is 8.56. The van der Waals surface area contributed by atoms with Crippen molar-refractivity contribution >= 4 is 40.3 Å². The molecule has 0 saturated heterocycles. The van der Waals surface area contributed by atoms with Gasteiger partial charge in [-0.2, -0.15) is 4.39 Å². The van der Waals surface area contributed by atoms with E-state index in [4.69, 9.17) is 16.6 Å². The van der Waals surface area contributed by atoms with Gasteiger partial charge in [-0.1, -0.05) is 12.1 Å². The van der Waals surface area contributed by atoms with Crippen LogP contribution in [0.25, 0.3) is 11.3 Å². The van der Waals surface area contributed by atoms with Gasteiger partial charge < -0.3 is 9.73 Å². The van der Waals surface area contributed by atoms with Crippen LogP contribution < -0.4 is 10.6 Å². The Morgan fingerprint density at radius 2 is 1.80 bits per heavy atom. The largest absolute Gasteiger partial charge is 0.451 e. The minimum absolute atomic E-state index is 0.102. The predicted molar refractivity (Wildman–Crippen MR) is 108 cm³/mol. The van der Waals surface area contributed by atoms with Gasteiger partial charge in [-0.05, 0) is 36.5 Å². The maximum atomic E-state index is 13.4. The van der Waals surface area contributed by atoms with Crippen LogP contribution in [0.1, 0.15) is 10.6 Å². The summed E-state index contributed by atoms with van der Waals surface area (Å²) >= 11 is 4.98. The van der Waals surface area contributed by atoms with Gasteiger partial charge in [0.15, 0.2) is 10.9 Å². The molecular formula is C18H11FN4O6S. The van der Waals surface area contributed by atoms with E-state index in [0.29, 0.717) is 5.56 Å². The number of anilines is 1. The Labute approximate surface area is 172 Å². The Morgan fingerprint density at radius 3 is 2.50 bits per heavy atom. The van der Waals surface area contributed by atoms with Gasteiger partial charge in [-0.15, -0.1) is 0 Å². The van der Waals surface area contributed by atoms with Crippen LogP contribution in [0.15, 0.2) is 59.0 Å². The second kappa shape index (κ2) is 8.45. The van der Waals surface area contributed by atoms with Crippen molar-refractivity contribution in [2.45, 2.75) is 0 Å². The van der Waals surface area contributed by atoms with Crippen molar-refractivity contribution in [3.63, 3.8) is 0 Å². The number of rotatable bonds is 5. The topological polar surface area (TPSA) is 141 Å². The number of nitro benzene ring substituents is 2. The molecule has 30 heavy (non-hydrogen) atoms. The summed E-state index contributed by atoms with van der Waals surface area (Å²) in [5.74, 6) is -1.62. The van der Waals surface area contributed by atoms with Crippen LogP contribution in [0.3, 0.4) is 0 Å². The number of amides is 1. The second-order valence-electron chi connectivity index (χ2n) is 5.80. The normalized spacial score (nSPS) is 10.3. The molecule has 12 heteroatoms. The first kappa shape index (κ1) is 20.5. The highest BCUT2D eigenvalue weighted by Crippen LogP contribution is 2.26. The fourth-order valence-corrected chi connectivity index (χ4v) is 2.66. The predicted octanol–water partition coefficient (Wildman–Crippen LogP) is 4.03. The SMILES string of the molecule is O=C(NC(=S)Nc1ccc(F)c([N+](=O)[O-])c1)c1ccc(-c2cccc([N+](=O)[O-])c2)o1. The third kappa shape index (κ3) is 4.62. The fraction of sp³-hybridized carbons (Fsp3) is 0. The number of carbonyl (C=O) groups is 1. The summed E-state index contributed by atoms with van der Waals surface area (Å²) in [5, 5.41) is 26.3. The number of non-ortho nitro benzene ring substituents is 1. The van der Waals surface area contributed by atoms with E-state index in [0.717, 1.165) is 12.1 Å². The van der Waals surface area contributed by atoms with Crippen LogP contribution in [0.2, 0.25) is 0 Å². The lowest BCUT2D eigenvalue weighted by molar-refractivity contribution is -0.387. The summed E-state index contributed by atoms with van der Waals surface area (Å²) in [7, 11) is 0. The van der Waals surface area contributed by atoms with Gasteiger partial charge in [0.1, 0.15) is 5.76 Å². The first-order valence-electron chi connectivity index (χ1n) is 8.15. The molecule has 152 valence electrons. The van der Waals surface area contributed by atoms with Gasteiger partial charge in [-0.3, -0.25) is 30.3 Å². The van der Waals surface area contributed by atoms with Crippen LogP contribution in [-0.2, 0) is 0 Å². The summed E-state index contributed by atoms with van der Waals surface area (Å²) in [6.07, 6.45) is 0. The van der Waals surface area contributed by atoms with Crippen molar-refractivity contribution in [3.05, 3.63) is 86.4 Å². The highest BCUT2D eigenvalue weighted by Gasteiger charge is 2.17. The lowest BCUT2D eigenvalue weighted by Crippen LogP contribution is -2.33. The number of carbonyl (C=O) groups excluding carboxylic acids is 1. The van der Waals surface area contributed by atoms with Crippen LogP contribution in [0.4, 0.5) is 21.5 Å². The molecule has 0 saturated carbocycles. The maximum absolute atomic E-state index is 13.4. The van der Waals surface area contributed by atoms with Crippen molar-refractivity contribution in [2.75, 3.05) is 5.32 Å². The summed E-state index contributed by atoms with van der Waals surface area (Å²) in [6.45, 7) is 0. The monoisotopic (exact) mass is 430 g/mol. The van der Waals surface area contributed by atoms with Crippen molar-refractivity contribution in [1.29, 1.82) is 0 Å². The van der Waals surface area contributed by atoms with E-state index >= 15 is 0 Å². The molecule has 10 nitrogen and oxygen atoms in total. The Morgan fingerprint density at radius 1 is 1.03 bits per heavy atom. The average molecular weight is 430 g/mol. The van der Waals surface area contributed by atoms with E-state index in [1.54, 1.807) is 6.07 Å². The Balaban J connectivity index is 1.69. The second-order valence-corrected chi connectivity index (χ2v) is 6.21. The first-order chi connectivity index (χ1) is 14.2. The number of benzene rings is 2. The minimum Gasteiger partial charge on any atom is -0.451 e. The standard InChI is InChI=1S/C18H11FN4O6S/c19-13-5-4-11(9-14(13)23(27)28)20-18(30)21-17(24)16-7-6-15(29-16)10-2-1-3-12(8-10)22(25)26/h1-9H,(H2,20,21,24,30). The van der Waals surface area contributed by atoms with Crippen LogP contribution in [0, 0.1) is 26.0 Å². The lowest BCUT2D eigenvalue weighted by atomic mass is 10.1. The summed E-state index contributed by atoms with van der Waals surface area (Å²) in [5.41, 5.74) is -0.372. The quantitative estimate of drug-likeness (QED) is 0.351.